The average Bonchev–Trinajstić information content (AvgIpc) is 2.81. The fourth-order valence-corrected chi connectivity index (χ4v) is 2.23. The van der Waals surface area contributed by atoms with Crippen molar-refractivity contribution in [3.8, 4) is 10.8 Å². The molecule has 17 heavy (non-hydrogen) atoms. The molecule has 0 saturated heterocycles. The molecule has 2 heterocycles. The summed E-state index contributed by atoms with van der Waals surface area (Å²) in [7, 11) is 0. The van der Waals surface area contributed by atoms with E-state index in [1.807, 2.05) is 11.4 Å². The lowest BCUT2D eigenvalue weighted by molar-refractivity contribution is 0.514. The number of benzene rings is 1. The van der Waals surface area contributed by atoms with E-state index in [1.54, 1.807) is 12.1 Å². The summed E-state index contributed by atoms with van der Waals surface area (Å²) in [5.41, 5.74) is -0.388. The van der Waals surface area contributed by atoms with Crippen molar-refractivity contribution in [1.29, 1.82) is 0 Å². The van der Waals surface area contributed by atoms with E-state index in [1.165, 1.54) is 23.5 Å². The Labute approximate surface area is 99.2 Å². The monoisotopic (exact) mass is 247 g/mol. The minimum absolute atomic E-state index is 0.104. The van der Waals surface area contributed by atoms with Crippen LogP contribution in [0.15, 0.2) is 44.9 Å². The maximum absolute atomic E-state index is 13.4. The molecule has 0 fully saturated rings. The molecule has 0 saturated carbocycles. The zero-order chi connectivity index (χ0) is 11.8. The number of halogens is 1. The summed E-state index contributed by atoms with van der Waals surface area (Å²) in [6.45, 7) is 0. The quantitative estimate of drug-likeness (QED) is 0.663. The zero-order valence-corrected chi connectivity index (χ0v) is 9.33. The third-order valence-electron chi connectivity index (χ3n) is 2.34. The second kappa shape index (κ2) is 3.78. The van der Waals surface area contributed by atoms with Gasteiger partial charge in [-0.15, -0.1) is 11.3 Å². The molecule has 3 aromatic rings. The fourth-order valence-electron chi connectivity index (χ4n) is 1.58. The van der Waals surface area contributed by atoms with Gasteiger partial charge in [-0.3, -0.25) is 0 Å². The van der Waals surface area contributed by atoms with Crippen LogP contribution in [0, 0.1) is 5.82 Å². The maximum atomic E-state index is 13.4. The smallest absolute Gasteiger partial charge is 0.350 e. The van der Waals surface area contributed by atoms with E-state index < -0.39 is 11.4 Å². The summed E-state index contributed by atoms with van der Waals surface area (Å²) in [4.78, 5) is 16.6. The lowest BCUT2D eigenvalue weighted by Crippen LogP contribution is -2.04. The Morgan fingerprint density at radius 3 is 2.88 bits per heavy atom. The first-order valence-corrected chi connectivity index (χ1v) is 5.77. The van der Waals surface area contributed by atoms with Crippen LogP contribution in [0.25, 0.3) is 21.7 Å². The highest BCUT2D eigenvalue weighted by atomic mass is 32.1. The summed E-state index contributed by atoms with van der Waals surface area (Å²) in [5, 5.41) is 1.75. The van der Waals surface area contributed by atoms with Crippen LogP contribution in [0.5, 0.6) is 0 Å². The van der Waals surface area contributed by atoms with Gasteiger partial charge in [0.15, 0.2) is 0 Å². The standard InChI is InChI=1S/C12H6FNO2S/c13-7-3-1-4-8-10(7)12(15)16-11(14-8)9-5-2-6-17-9/h1-6H. The van der Waals surface area contributed by atoms with Gasteiger partial charge in [0.2, 0.25) is 5.89 Å². The molecule has 0 aliphatic rings. The molecule has 2 aromatic heterocycles. The molecule has 0 aliphatic heterocycles. The van der Waals surface area contributed by atoms with Crippen LogP contribution in [-0.2, 0) is 0 Å². The van der Waals surface area contributed by atoms with E-state index in [-0.39, 0.29) is 11.3 Å². The normalized spacial score (nSPS) is 10.9. The number of hydrogen-bond donors (Lipinski definition) is 0. The molecule has 0 radical (unpaired) electrons. The number of nitrogens with zero attached hydrogens (tertiary/aromatic N) is 1. The van der Waals surface area contributed by atoms with E-state index in [0.29, 0.717) is 5.52 Å². The van der Waals surface area contributed by atoms with Gasteiger partial charge >= 0.3 is 5.63 Å². The minimum Gasteiger partial charge on any atom is -0.402 e. The van der Waals surface area contributed by atoms with Gasteiger partial charge in [0.25, 0.3) is 0 Å². The van der Waals surface area contributed by atoms with Crippen molar-refractivity contribution in [3.05, 3.63) is 51.9 Å². The van der Waals surface area contributed by atoms with Crippen LogP contribution in [0.1, 0.15) is 0 Å². The fraction of sp³-hybridized carbons (Fsp3) is 0. The van der Waals surface area contributed by atoms with Crippen molar-refractivity contribution in [1.82, 2.24) is 4.98 Å². The Hall–Kier alpha value is -2.01. The number of hydrogen-bond acceptors (Lipinski definition) is 4. The largest absolute Gasteiger partial charge is 0.402 e. The molecular weight excluding hydrogens is 241 g/mol. The lowest BCUT2D eigenvalue weighted by Gasteiger charge is -1.99. The molecule has 5 heteroatoms. The van der Waals surface area contributed by atoms with Crippen LogP contribution >= 0.6 is 11.3 Å². The van der Waals surface area contributed by atoms with Crippen LogP contribution in [-0.4, -0.2) is 4.98 Å². The van der Waals surface area contributed by atoms with Crippen molar-refractivity contribution >= 4 is 22.2 Å². The number of aromatic nitrogens is 1. The highest BCUT2D eigenvalue weighted by molar-refractivity contribution is 7.13. The Morgan fingerprint density at radius 1 is 1.24 bits per heavy atom. The van der Waals surface area contributed by atoms with Crippen molar-refractivity contribution in [3.63, 3.8) is 0 Å². The third-order valence-corrected chi connectivity index (χ3v) is 3.20. The highest BCUT2D eigenvalue weighted by Gasteiger charge is 2.11. The molecule has 0 amide bonds. The molecule has 3 rings (SSSR count). The summed E-state index contributed by atoms with van der Waals surface area (Å²) in [5.74, 6) is -0.385. The van der Waals surface area contributed by atoms with Crippen LogP contribution in [0.4, 0.5) is 4.39 Å². The van der Waals surface area contributed by atoms with Gasteiger partial charge in [-0.05, 0) is 23.6 Å². The Kier molecular flexibility index (Phi) is 2.26. The molecule has 0 bridgehead atoms. The van der Waals surface area contributed by atoms with Gasteiger partial charge in [0.1, 0.15) is 11.2 Å². The van der Waals surface area contributed by atoms with E-state index in [2.05, 4.69) is 4.98 Å². The molecular formula is C12H6FNO2S. The van der Waals surface area contributed by atoms with Crippen molar-refractivity contribution in [2.75, 3.05) is 0 Å². The molecule has 0 atom stereocenters. The molecule has 1 aromatic carbocycles. The topological polar surface area (TPSA) is 43.1 Å². The third kappa shape index (κ3) is 1.64. The molecule has 3 nitrogen and oxygen atoms in total. The lowest BCUT2D eigenvalue weighted by atomic mass is 10.2. The second-order valence-corrected chi connectivity index (χ2v) is 4.37. The van der Waals surface area contributed by atoms with Crippen LogP contribution in [0.3, 0.4) is 0 Å². The molecule has 0 N–H and O–H groups in total. The zero-order valence-electron chi connectivity index (χ0n) is 8.51. The van der Waals surface area contributed by atoms with Gasteiger partial charge in [0, 0.05) is 0 Å². The van der Waals surface area contributed by atoms with Gasteiger partial charge in [0.05, 0.1) is 10.4 Å². The predicted octanol–water partition coefficient (Wildman–Crippen LogP) is 3.06. The van der Waals surface area contributed by atoms with Gasteiger partial charge in [-0.25, -0.2) is 14.2 Å². The van der Waals surface area contributed by atoms with E-state index in [9.17, 15) is 9.18 Å². The number of rotatable bonds is 1. The summed E-state index contributed by atoms with van der Waals surface area (Å²) < 4.78 is 18.4. The molecule has 0 unspecified atom stereocenters. The summed E-state index contributed by atoms with van der Waals surface area (Å²) >= 11 is 1.41. The van der Waals surface area contributed by atoms with Crippen molar-refractivity contribution in [2.45, 2.75) is 0 Å². The van der Waals surface area contributed by atoms with Crippen LogP contribution in [0.2, 0.25) is 0 Å². The first-order valence-electron chi connectivity index (χ1n) is 4.89. The van der Waals surface area contributed by atoms with Crippen molar-refractivity contribution < 1.29 is 8.81 Å². The summed E-state index contributed by atoms with van der Waals surface area (Å²) in [6, 6.07) is 7.94. The van der Waals surface area contributed by atoms with Gasteiger partial charge < -0.3 is 4.42 Å². The molecule has 84 valence electrons. The average molecular weight is 247 g/mol. The van der Waals surface area contributed by atoms with E-state index in [4.69, 9.17) is 4.42 Å². The van der Waals surface area contributed by atoms with Gasteiger partial charge in [-0.2, -0.15) is 0 Å². The van der Waals surface area contributed by atoms with E-state index in [0.717, 1.165) is 4.88 Å². The Bertz CT molecular complexity index is 734. The minimum atomic E-state index is -0.698. The van der Waals surface area contributed by atoms with Crippen LogP contribution < -0.4 is 5.63 Å². The van der Waals surface area contributed by atoms with Gasteiger partial charge in [-0.1, -0.05) is 12.1 Å². The summed E-state index contributed by atoms with van der Waals surface area (Å²) in [6.07, 6.45) is 0. The number of thiophene rings is 1. The Balaban J connectivity index is 2.36. The molecule has 0 aliphatic carbocycles. The predicted molar refractivity (Wildman–Crippen MR) is 63.6 cm³/mol. The molecule has 0 spiro atoms. The maximum Gasteiger partial charge on any atom is 0.350 e. The van der Waals surface area contributed by atoms with E-state index >= 15 is 0 Å². The van der Waals surface area contributed by atoms with Crippen molar-refractivity contribution in [2.24, 2.45) is 0 Å². The SMILES string of the molecule is O=c1oc(-c2cccs2)nc2cccc(F)c12. The number of fused-ring (bicyclic) bond motifs is 1. The first-order chi connectivity index (χ1) is 8.25. The Morgan fingerprint density at radius 2 is 2.12 bits per heavy atom. The second-order valence-electron chi connectivity index (χ2n) is 3.42. The highest BCUT2D eigenvalue weighted by Crippen LogP contribution is 2.23. The first kappa shape index (κ1) is 10.2.